The highest BCUT2D eigenvalue weighted by molar-refractivity contribution is 5.79. The van der Waals surface area contributed by atoms with Gasteiger partial charge in [0.15, 0.2) is 5.65 Å². The van der Waals surface area contributed by atoms with Crippen molar-refractivity contribution < 1.29 is 14.2 Å². The second-order valence-electron chi connectivity index (χ2n) is 7.71. The van der Waals surface area contributed by atoms with Crippen molar-refractivity contribution in [2.75, 3.05) is 13.2 Å². The Hall–Kier alpha value is -3.33. The highest BCUT2D eigenvalue weighted by atomic mass is 19.1. The van der Waals surface area contributed by atoms with Crippen molar-refractivity contribution in [3.05, 3.63) is 58.8 Å². The van der Waals surface area contributed by atoms with Gasteiger partial charge < -0.3 is 9.84 Å². The Bertz CT molecular complexity index is 1280. The van der Waals surface area contributed by atoms with E-state index >= 15 is 0 Å². The number of ether oxygens (including phenoxy) is 1. The Morgan fingerprint density at radius 3 is 2.94 bits per heavy atom. The molecule has 0 atom stereocenters. The third-order valence-corrected chi connectivity index (χ3v) is 5.91. The van der Waals surface area contributed by atoms with Gasteiger partial charge in [-0.3, -0.25) is 9.08 Å². The number of rotatable bonds is 6. The molecular weight excluding hydrogens is 399 g/mol. The fourth-order valence-electron chi connectivity index (χ4n) is 4.45. The van der Waals surface area contributed by atoms with E-state index in [1.165, 1.54) is 6.07 Å². The van der Waals surface area contributed by atoms with E-state index in [2.05, 4.69) is 20.3 Å². The molecule has 0 fully saturated rings. The lowest BCUT2D eigenvalue weighted by molar-refractivity contribution is 0.268. The van der Waals surface area contributed by atoms with Crippen molar-refractivity contribution >= 4 is 5.65 Å². The molecule has 31 heavy (non-hydrogen) atoms. The van der Waals surface area contributed by atoms with Gasteiger partial charge >= 0.3 is 0 Å². The Morgan fingerprint density at radius 1 is 1.23 bits per heavy atom. The van der Waals surface area contributed by atoms with Crippen molar-refractivity contribution in [1.82, 2.24) is 29.4 Å². The molecule has 0 aliphatic carbocycles. The number of aliphatic hydroxyl groups is 1. The minimum absolute atomic E-state index is 0.0176. The summed E-state index contributed by atoms with van der Waals surface area (Å²) in [5.74, 6) is 1.33. The van der Waals surface area contributed by atoms with Crippen LogP contribution < -0.4 is 4.74 Å². The number of aliphatic hydroxyl groups excluding tert-OH is 1. The first-order valence-corrected chi connectivity index (χ1v) is 10.3. The Balaban J connectivity index is 1.50. The van der Waals surface area contributed by atoms with Gasteiger partial charge in [0.05, 0.1) is 25.5 Å². The fraction of sp³-hybridized carbons (Fsp3) is 0.364. The van der Waals surface area contributed by atoms with E-state index in [0.29, 0.717) is 37.2 Å². The van der Waals surface area contributed by atoms with Gasteiger partial charge in [0.1, 0.15) is 23.7 Å². The molecule has 0 saturated carbocycles. The quantitative estimate of drug-likeness (QED) is 0.513. The zero-order valence-electron chi connectivity index (χ0n) is 17.5. The average Bonchev–Trinajstić information content (AvgIpc) is 3.48. The van der Waals surface area contributed by atoms with Gasteiger partial charge in [0.2, 0.25) is 0 Å². The molecule has 1 aliphatic rings. The number of halogens is 1. The van der Waals surface area contributed by atoms with Crippen molar-refractivity contribution in [2.45, 2.75) is 39.7 Å². The van der Waals surface area contributed by atoms with Gasteiger partial charge in [0, 0.05) is 41.4 Å². The molecule has 4 heterocycles. The van der Waals surface area contributed by atoms with Gasteiger partial charge in [0.25, 0.3) is 0 Å². The number of hydrogen-bond donors (Lipinski definition) is 1. The lowest BCUT2D eigenvalue weighted by Gasteiger charge is -2.11. The minimum Gasteiger partial charge on any atom is -0.493 e. The molecule has 3 aromatic heterocycles. The molecule has 0 unspecified atom stereocenters. The van der Waals surface area contributed by atoms with Crippen LogP contribution >= 0.6 is 0 Å². The summed E-state index contributed by atoms with van der Waals surface area (Å²) in [4.78, 5) is 4.67. The molecule has 0 saturated heterocycles. The van der Waals surface area contributed by atoms with Crippen molar-refractivity contribution in [3.63, 3.8) is 0 Å². The number of aromatic nitrogens is 6. The molecule has 0 bridgehead atoms. The fourth-order valence-corrected chi connectivity index (χ4v) is 4.45. The summed E-state index contributed by atoms with van der Waals surface area (Å²) < 4.78 is 23.7. The van der Waals surface area contributed by atoms with Crippen molar-refractivity contribution in [1.29, 1.82) is 0 Å². The first kappa shape index (κ1) is 19.6. The topological polar surface area (TPSA) is 90.4 Å². The Morgan fingerprint density at radius 2 is 2.10 bits per heavy atom. The SMILES string of the molecule is Cc1nn(CCO)c(C)c1-c1cnc(CCc2c(F)ccc3c2CCO3)n2cnnc12. The van der Waals surface area contributed by atoms with Crippen LogP contribution in [-0.2, 0) is 25.8 Å². The molecule has 1 aliphatic heterocycles. The molecule has 4 aromatic rings. The minimum atomic E-state index is -0.205. The summed E-state index contributed by atoms with van der Waals surface area (Å²) >= 11 is 0. The van der Waals surface area contributed by atoms with Crippen molar-refractivity contribution in [2.24, 2.45) is 0 Å². The maximum atomic E-state index is 14.5. The average molecular weight is 422 g/mol. The smallest absolute Gasteiger partial charge is 0.171 e. The molecule has 8 nitrogen and oxygen atoms in total. The molecule has 9 heteroatoms. The summed E-state index contributed by atoms with van der Waals surface area (Å²) in [6.45, 7) is 4.93. The first-order valence-electron chi connectivity index (χ1n) is 10.3. The van der Waals surface area contributed by atoms with Crippen LogP contribution in [0.3, 0.4) is 0 Å². The molecular formula is C22H23FN6O2. The second kappa shape index (κ2) is 7.73. The maximum Gasteiger partial charge on any atom is 0.171 e. The van der Waals surface area contributed by atoms with Crippen LogP contribution in [0.15, 0.2) is 24.7 Å². The van der Waals surface area contributed by atoms with E-state index in [1.54, 1.807) is 23.3 Å². The van der Waals surface area contributed by atoms with E-state index in [1.807, 2.05) is 18.2 Å². The third-order valence-electron chi connectivity index (χ3n) is 5.91. The highest BCUT2D eigenvalue weighted by Crippen LogP contribution is 2.32. The number of benzene rings is 1. The Kier molecular flexibility index (Phi) is 4.90. The van der Waals surface area contributed by atoms with Gasteiger partial charge in [-0.2, -0.15) is 5.10 Å². The summed E-state index contributed by atoms with van der Waals surface area (Å²) in [6, 6.07) is 3.17. The monoisotopic (exact) mass is 422 g/mol. The summed E-state index contributed by atoms with van der Waals surface area (Å²) in [5.41, 5.74) is 5.88. The van der Waals surface area contributed by atoms with E-state index in [-0.39, 0.29) is 12.4 Å². The number of hydrogen-bond acceptors (Lipinski definition) is 6. The van der Waals surface area contributed by atoms with E-state index in [9.17, 15) is 9.50 Å². The number of nitrogens with zero attached hydrogens (tertiary/aromatic N) is 6. The van der Waals surface area contributed by atoms with Crippen LogP contribution in [0.1, 0.15) is 28.3 Å². The van der Waals surface area contributed by atoms with Crippen LogP contribution in [-0.4, -0.2) is 47.7 Å². The van der Waals surface area contributed by atoms with E-state index in [0.717, 1.165) is 46.1 Å². The molecule has 1 aromatic carbocycles. The van der Waals surface area contributed by atoms with Crippen LogP contribution in [0.5, 0.6) is 5.75 Å². The van der Waals surface area contributed by atoms with Crippen molar-refractivity contribution in [3.8, 4) is 16.9 Å². The zero-order chi connectivity index (χ0) is 21.5. The second-order valence-corrected chi connectivity index (χ2v) is 7.71. The first-order chi connectivity index (χ1) is 15.1. The van der Waals surface area contributed by atoms with Crippen LogP contribution in [0, 0.1) is 19.7 Å². The van der Waals surface area contributed by atoms with Crippen LogP contribution in [0.25, 0.3) is 16.8 Å². The Labute approximate surface area is 178 Å². The lowest BCUT2D eigenvalue weighted by atomic mass is 10.00. The molecule has 1 N–H and O–H groups in total. The highest BCUT2D eigenvalue weighted by Gasteiger charge is 2.21. The van der Waals surface area contributed by atoms with Gasteiger partial charge in [-0.05, 0) is 38.0 Å². The van der Waals surface area contributed by atoms with Gasteiger partial charge in [-0.25, -0.2) is 9.37 Å². The lowest BCUT2D eigenvalue weighted by Crippen LogP contribution is -2.07. The maximum absolute atomic E-state index is 14.5. The predicted octanol–water partition coefficient (Wildman–Crippen LogP) is 2.46. The molecule has 5 rings (SSSR count). The van der Waals surface area contributed by atoms with Crippen LogP contribution in [0.4, 0.5) is 4.39 Å². The number of aryl methyl sites for hydroxylation is 2. The zero-order valence-corrected chi connectivity index (χ0v) is 17.5. The largest absolute Gasteiger partial charge is 0.493 e. The standard InChI is InChI=1S/C22H23FN6O2/c1-13-21(14(2)29(27-13)8-9-30)17-11-24-20(28-12-25-26-22(17)28)6-3-15-16-7-10-31-19(16)5-4-18(15)23/h4-5,11-12,30H,3,6-10H2,1-2H3. The summed E-state index contributed by atoms with van der Waals surface area (Å²) in [7, 11) is 0. The normalized spacial score (nSPS) is 13.0. The molecule has 160 valence electrons. The van der Waals surface area contributed by atoms with Gasteiger partial charge in [-0.1, -0.05) is 0 Å². The molecule has 0 spiro atoms. The summed E-state index contributed by atoms with van der Waals surface area (Å²) in [6.07, 6.45) is 5.22. The molecule has 0 radical (unpaired) electrons. The van der Waals surface area contributed by atoms with Crippen LogP contribution in [0.2, 0.25) is 0 Å². The van der Waals surface area contributed by atoms with E-state index < -0.39 is 0 Å². The predicted molar refractivity (Wildman–Crippen MR) is 112 cm³/mol. The van der Waals surface area contributed by atoms with E-state index in [4.69, 9.17) is 4.74 Å². The third kappa shape index (κ3) is 3.25. The van der Waals surface area contributed by atoms with Gasteiger partial charge in [-0.15, -0.1) is 10.2 Å². The number of fused-ring (bicyclic) bond motifs is 2. The molecule has 0 amide bonds. The summed E-state index contributed by atoms with van der Waals surface area (Å²) in [5, 5.41) is 22.2.